The second kappa shape index (κ2) is 6.33. The van der Waals surface area contributed by atoms with Crippen molar-refractivity contribution in [1.29, 1.82) is 0 Å². The van der Waals surface area contributed by atoms with Gasteiger partial charge in [0, 0.05) is 30.3 Å². The maximum absolute atomic E-state index is 5.74. The van der Waals surface area contributed by atoms with Gasteiger partial charge >= 0.3 is 0 Å². The Morgan fingerprint density at radius 2 is 2.56 bits per heavy atom. The van der Waals surface area contributed by atoms with E-state index in [4.69, 9.17) is 4.74 Å². The topological polar surface area (TPSA) is 34.2 Å². The highest BCUT2D eigenvalue weighted by Crippen LogP contribution is 2.18. The van der Waals surface area contributed by atoms with Gasteiger partial charge in [0.1, 0.15) is 0 Å². The highest BCUT2D eigenvalue weighted by atomic mass is 32.1. The fourth-order valence-corrected chi connectivity index (χ4v) is 2.71. The Hall–Kier alpha value is -0.450. The fourth-order valence-electron chi connectivity index (χ4n) is 2.16. The van der Waals surface area contributed by atoms with Crippen LogP contribution in [0.3, 0.4) is 0 Å². The van der Waals surface area contributed by atoms with Gasteiger partial charge in [0.15, 0.2) is 0 Å². The highest BCUT2D eigenvalue weighted by Gasteiger charge is 2.21. The molecule has 0 aromatic carbocycles. The SMILES string of the molecule is CCCC1CC(NCc2cncs2)CCO1. The van der Waals surface area contributed by atoms with Gasteiger partial charge in [-0.2, -0.15) is 0 Å². The molecular formula is C12H20N2OS. The number of ether oxygens (including phenoxy) is 1. The zero-order chi connectivity index (χ0) is 11.2. The summed E-state index contributed by atoms with van der Waals surface area (Å²) >= 11 is 1.72. The predicted octanol–water partition coefficient (Wildman–Crippen LogP) is 2.58. The van der Waals surface area contributed by atoms with Crippen molar-refractivity contribution in [2.24, 2.45) is 0 Å². The van der Waals surface area contributed by atoms with Crippen LogP contribution in [-0.4, -0.2) is 23.7 Å². The molecule has 0 bridgehead atoms. The van der Waals surface area contributed by atoms with Crippen LogP contribution < -0.4 is 5.32 Å². The first-order valence-corrected chi connectivity index (χ1v) is 6.98. The van der Waals surface area contributed by atoms with Gasteiger partial charge in [-0.05, 0) is 19.3 Å². The molecule has 90 valence electrons. The van der Waals surface area contributed by atoms with E-state index in [0.29, 0.717) is 12.1 Å². The quantitative estimate of drug-likeness (QED) is 0.859. The van der Waals surface area contributed by atoms with Crippen molar-refractivity contribution in [2.45, 2.75) is 51.3 Å². The molecule has 2 unspecified atom stereocenters. The summed E-state index contributed by atoms with van der Waals surface area (Å²) in [5.74, 6) is 0. The smallest absolute Gasteiger partial charge is 0.0794 e. The molecule has 1 aromatic heterocycles. The van der Waals surface area contributed by atoms with E-state index in [1.807, 2.05) is 11.7 Å². The minimum absolute atomic E-state index is 0.470. The molecule has 2 atom stereocenters. The second-order valence-electron chi connectivity index (χ2n) is 4.35. The van der Waals surface area contributed by atoms with Crippen LogP contribution in [0.4, 0.5) is 0 Å². The minimum atomic E-state index is 0.470. The summed E-state index contributed by atoms with van der Waals surface area (Å²) in [6, 6.07) is 0.618. The van der Waals surface area contributed by atoms with Crippen LogP contribution in [0, 0.1) is 0 Å². The molecule has 1 saturated heterocycles. The van der Waals surface area contributed by atoms with Crippen molar-refractivity contribution < 1.29 is 4.74 Å². The number of hydrogen-bond acceptors (Lipinski definition) is 4. The predicted molar refractivity (Wildman–Crippen MR) is 66.6 cm³/mol. The zero-order valence-electron chi connectivity index (χ0n) is 9.82. The third-order valence-electron chi connectivity index (χ3n) is 3.03. The molecule has 1 aliphatic heterocycles. The van der Waals surface area contributed by atoms with Crippen molar-refractivity contribution in [3.8, 4) is 0 Å². The molecule has 0 amide bonds. The second-order valence-corrected chi connectivity index (χ2v) is 5.32. The van der Waals surface area contributed by atoms with E-state index in [2.05, 4.69) is 17.2 Å². The molecule has 1 N–H and O–H groups in total. The van der Waals surface area contributed by atoms with Gasteiger partial charge in [0.2, 0.25) is 0 Å². The van der Waals surface area contributed by atoms with Gasteiger partial charge in [0.05, 0.1) is 11.6 Å². The Morgan fingerprint density at radius 1 is 1.62 bits per heavy atom. The lowest BCUT2D eigenvalue weighted by molar-refractivity contribution is -0.00338. The van der Waals surface area contributed by atoms with Crippen LogP contribution in [-0.2, 0) is 11.3 Å². The largest absolute Gasteiger partial charge is 0.378 e. The van der Waals surface area contributed by atoms with Gasteiger partial charge < -0.3 is 10.1 Å². The van der Waals surface area contributed by atoms with Crippen LogP contribution in [0.15, 0.2) is 11.7 Å². The lowest BCUT2D eigenvalue weighted by Gasteiger charge is -2.30. The molecule has 3 nitrogen and oxygen atoms in total. The first-order chi connectivity index (χ1) is 7.88. The van der Waals surface area contributed by atoms with E-state index in [1.165, 1.54) is 17.7 Å². The lowest BCUT2D eigenvalue weighted by atomic mass is 10.0. The fraction of sp³-hybridized carbons (Fsp3) is 0.750. The summed E-state index contributed by atoms with van der Waals surface area (Å²) in [6.45, 7) is 4.08. The van der Waals surface area contributed by atoms with Crippen molar-refractivity contribution in [1.82, 2.24) is 10.3 Å². The number of thiazole rings is 1. The van der Waals surface area contributed by atoms with Gasteiger partial charge in [-0.1, -0.05) is 13.3 Å². The Morgan fingerprint density at radius 3 is 3.31 bits per heavy atom. The number of nitrogens with one attached hydrogen (secondary N) is 1. The molecule has 0 saturated carbocycles. The Balaban J connectivity index is 1.72. The molecule has 1 aromatic rings. The molecule has 0 radical (unpaired) electrons. The van der Waals surface area contributed by atoms with Gasteiger partial charge in [-0.3, -0.25) is 4.98 Å². The van der Waals surface area contributed by atoms with E-state index < -0.39 is 0 Å². The normalized spacial score (nSPS) is 25.8. The Bertz CT molecular complexity index is 287. The standard InChI is InChI=1S/C12H20N2OS/c1-2-3-11-6-10(4-5-15-11)14-8-12-7-13-9-16-12/h7,9-11,14H,2-6,8H2,1H3. The summed E-state index contributed by atoms with van der Waals surface area (Å²) < 4.78 is 5.74. The van der Waals surface area contributed by atoms with E-state index in [-0.39, 0.29) is 0 Å². The molecule has 2 heterocycles. The van der Waals surface area contributed by atoms with Crippen LogP contribution >= 0.6 is 11.3 Å². The third kappa shape index (κ3) is 3.54. The molecule has 0 spiro atoms. The summed E-state index contributed by atoms with van der Waals surface area (Å²) in [7, 11) is 0. The maximum atomic E-state index is 5.74. The van der Waals surface area contributed by atoms with Crippen LogP contribution in [0.2, 0.25) is 0 Å². The molecule has 0 aliphatic carbocycles. The third-order valence-corrected chi connectivity index (χ3v) is 3.81. The monoisotopic (exact) mass is 240 g/mol. The van der Waals surface area contributed by atoms with Crippen molar-refractivity contribution in [3.05, 3.63) is 16.6 Å². The molecule has 16 heavy (non-hydrogen) atoms. The van der Waals surface area contributed by atoms with Gasteiger partial charge in [0.25, 0.3) is 0 Å². The summed E-state index contributed by atoms with van der Waals surface area (Å²) in [4.78, 5) is 5.40. The molecule has 1 aliphatic rings. The van der Waals surface area contributed by atoms with E-state index >= 15 is 0 Å². The van der Waals surface area contributed by atoms with Gasteiger partial charge in [-0.15, -0.1) is 11.3 Å². The summed E-state index contributed by atoms with van der Waals surface area (Å²) in [6.07, 6.45) is 7.12. The Kier molecular flexibility index (Phi) is 4.75. The summed E-state index contributed by atoms with van der Waals surface area (Å²) in [5.41, 5.74) is 1.89. The van der Waals surface area contributed by atoms with Crippen molar-refractivity contribution >= 4 is 11.3 Å². The van der Waals surface area contributed by atoms with Crippen molar-refractivity contribution in [3.63, 3.8) is 0 Å². The molecule has 4 heteroatoms. The molecule has 2 rings (SSSR count). The van der Waals surface area contributed by atoms with Crippen LogP contribution in [0.1, 0.15) is 37.5 Å². The van der Waals surface area contributed by atoms with Crippen molar-refractivity contribution in [2.75, 3.05) is 6.61 Å². The van der Waals surface area contributed by atoms with E-state index in [0.717, 1.165) is 26.0 Å². The number of nitrogens with zero attached hydrogens (tertiary/aromatic N) is 1. The molecular weight excluding hydrogens is 220 g/mol. The number of hydrogen-bond donors (Lipinski definition) is 1. The zero-order valence-corrected chi connectivity index (χ0v) is 10.6. The number of rotatable bonds is 5. The number of aromatic nitrogens is 1. The van der Waals surface area contributed by atoms with Crippen LogP contribution in [0.5, 0.6) is 0 Å². The average Bonchev–Trinajstić information content (AvgIpc) is 2.80. The minimum Gasteiger partial charge on any atom is -0.378 e. The highest BCUT2D eigenvalue weighted by molar-refractivity contribution is 7.09. The first kappa shape index (κ1) is 12.0. The van der Waals surface area contributed by atoms with Gasteiger partial charge in [-0.25, -0.2) is 0 Å². The lowest BCUT2D eigenvalue weighted by Crippen LogP contribution is -2.38. The van der Waals surface area contributed by atoms with E-state index in [9.17, 15) is 0 Å². The van der Waals surface area contributed by atoms with E-state index in [1.54, 1.807) is 11.3 Å². The van der Waals surface area contributed by atoms with Crippen LogP contribution in [0.25, 0.3) is 0 Å². The maximum Gasteiger partial charge on any atom is 0.0794 e. The Labute approximate surface area is 101 Å². The molecule has 1 fully saturated rings. The first-order valence-electron chi connectivity index (χ1n) is 6.11. The summed E-state index contributed by atoms with van der Waals surface area (Å²) in [5, 5.41) is 3.60. The average molecular weight is 240 g/mol.